The van der Waals surface area contributed by atoms with Crippen LogP contribution in [-0.2, 0) is 0 Å². The summed E-state index contributed by atoms with van der Waals surface area (Å²) in [7, 11) is 1.50. The molecule has 0 aliphatic heterocycles. The Morgan fingerprint density at radius 2 is 0.778 bits per heavy atom. The number of hydrogen-bond donors (Lipinski definition) is 1. The summed E-state index contributed by atoms with van der Waals surface area (Å²) in [5, 5.41) is 2.62. The van der Waals surface area contributed by atoms with Gasteiger partial charge in [0, 0.05) is 0 Å². The van der Waals surface area contributed by atoms with Gasteiger partial charge in [-0.05, 0) is 17.8 Å². The molecule has 1 nitrogen and oxygen atoms in total. The van der Waals surface area contributed by atoms with E-state index in [1.54, 1.807) is 0 Å². The second kappa shape index (κ2) is 15.7. The molecule has 0 spiro atoms. The molecule has 2 aromatic carbocycles. The Bertz CT molecular complexity index is 301. The van der Waals surface area contributed by atoms with E-state index in [9.17, 15) is 0 Å². The van der Waals surface area contributed by atoms with E-state index >= 15 is 0 Å². The van der Waals surface area contributed by atoms with Gasteiger partial charge in [-0.25, -0.2) is 0 Å². The topological polar surface area (TPSA) is 26.0 Å². The first-order chi connectivity index (χ1) is 8.79. The van der Waals surface area contributed by atoms with Crippen LogP contribution in [0.15, 0.2) is 48.5 Å². The van der Waals surface area contributed by atoms with Crippen molar-refractivity contribution in [1.29, 1.82) is 0 Å². The standard InChI is InChI=1S/C10H8.2C3H8.CH5N/c1-2-6-10-8-4-3-7-9(10)5-1;2*1-3-2;1-2/h1-8H;2*3H2,1-2H3;2H2,1H3. The number of hydrogen-bond acceptors (Lipinski definition) is 1. The highest BCUT2D eigenvalue weighted by atomic mass is 14.4. The monoisotopic (exact) mass is 247 g/mol. The molecular formula is C17H29N. The van der Waals surface area contributed by atoms with Crippen molar-refractivity contribution in [2.45, 2.75) is 40.5 Å². The molecule has 2 rings (SSSR count). The molecule has 0 aliphatic carbocycles. The molecule has 0 saturated heterocycles. The number of nitrogens with two attached hydrogens (primary N) is 1. The van der Waals surface area contributed by atoms with Crippen LogP contribution < -0.4 is 5.73 Å². The molecule has 0 amide bonds. The van der Waals surface area contributed by atoms with E-state index in [0.717, 1.165) is 0 Å². The van der Waals surface area contributed by atoms with Gasteiger partial charge in [0.2, 0.25) is 0 Å². The van der Waals surface area contributed by atoms with Crippen molar-refractivity contribution in [2.75, 3.05) is 7.05 Å². The lowest BCUT2D eigenvalue weighted by atomic mass is 10.1. The third-order valence-corrected chi connectivity index (χ3v) is 1.66. The summed E-state index contributed by atoms with van der Waals surface area (Å²) in [6, 6.07) is 16.7. The van der Waals surface area contributed by atoms with Gasteiger partial charge < -0.3 is 5.73 Å². The number of benzene rings is 2. The van der Waals surface area contributed by atoms with Gasteiger partial charge in [-0.1, -0.05) is 89.1 Å². The molecule has 18 heavy (non-hydrogen) atoms. The van der Waals surface area contributed by atoms with Crippen LogP contribution in [0.1, 0.15) is 40.5 Å². The fourth-order valence-electron chi connectivity index (χ4n) is 1.13. The molecule has 0 unspecified atom stereocenters. The molecule has 102 valence electrons. The van der Waals surface area contributed by atoms with Crippen molar-refractivity contribution in [2.24, 2.45) is 5.73 Å². The highest BCUT2D eigenvalue weighted by molar-refractivity contribution is 5.81. The van der Waals surface area contributed by atoms with Crippen LogP contribution in [-0.4, -0.2) is 7.05 Å². The van der Waals surface area contributed by atoms with Crippen LogP contribution in [0.3, 0.4) is 0 Å². The van der Waals surface area contributed by atoms with Crippen LogP contribution in [0.4, 0.5) is 0 Å². The maximum atomic E-state index is 4.50. The number of rotatable bonds is 0. The van der Waals surface area contributed by atoms with Gasteiger partial charge in [-0.3, -0.25) is 0 Å². The van der Waals surface area contributed by atoms with Gasteiger partial charge in [0.1, 0.15) is 0 Å². The second-order valence-electron chi connectivity index (χ2n) is 3.76. The molecule has 0 saturated carbocycles. The summed E-state index contributed by atoms with van der Waals surface area (Å²) in [6.07, 6.45) is 2.50. The normalized spacial score (nSPS) is 7.89. The Morgan fingerprint density at radius 3 is 0.944 bits per heavy atom. The van der Waals surface area contributed by atoms with E-state index < -0.39 is 0 Å². The van der Waals surface area contributed by atoms with Gasteiger partial charge >= 0.3 is 0 Å². The Morgan fingerprint density at radius 1 is 0.611 bits per heavy atom. The highest BCUT2D eigenvalue weighted by Crippen LogP contribution is 2.11. The summed E-state index contributed by atoms with van der Waals surface area (Å²) >= 11 is 0. The first-order valence-corrected chi connectivity index (χ1v) is 6.81. The van der Waals surface area contributed by atoms with Gasteiger partial charge in [-0.2, -0.15) is 0 Å². The van der Waals surface area contributed by atoms with Gasteiger partial charge in [0.15, 0.2) is 0 Å². The van der Waals surface area contributed by atoms with E-state index in [0.29, 0.717) is 0 Å². The SMILES string of the molecule is CCC.CCC.CN.c1ccc2ccccc2c1. The first kappa shape index (κ1) is 19.0. The third-order valence-electron chi connectivity index (χ3n) is 1.66. The Hall–Kier alpha value is -1.34. The van der Waals surface area contributed by atoms with Crippen LogP contribution in [0.2, 0.25) is 0 Å². The molecule has 1 heteroatoms. The maximum absolute atomic E-state index is 4.50. The smallest absolute Gasteiger partial charge is 0.0184 e. The molecular weight excluding hydrogens is 218 g/mol. The van der Waals surface area contributed by atoms with Gasteiger partial charge in [0.25, 0.3) is 0 Å². The lowest BCUT2D eigenvalue weighted by Gasteiger charge is -1.92. The summed E-state index contributed by atoms with van der Waals surface area (Å²) in [5.41, 5.74) is 4.50. The third kappa shape index (κ3) is 9.86. The lowest BCUT2D eigenvalue weighted by molar-refractivity contribution is 1.09. The zero-order valence-corrected chi connectivity index (χ0v) is 12.6. The predicted molar refractivity (Wildman–Crippen MR) is 86.0 cm³/mol. The minimum absolute atomic E-state index is 1.25. The Labute approximate surface area is 113 Å². The van der Waals surface area contributed by atoms with Crippen molar-refractivity contribution in [3.05, 3.63) is 48.5 Å². The summed E-state index contributed by atoms with van der Waals surface area (Å²) in [6.45, 7) is 8.50. The Balaban J connectivity index is 0. The van der Waals surface area contributed by atoms with Crippen molar-refractivity contribution in [1.82, 2.24) is 0 Å². The van der Waals surface area contributed by atoms with Gasteiger partial charge in [0.05, 0.1) is 0 Å². The molecule has 2 aromatic rings. The van der Waals surface area contributed by atoms with E-state index in [1.165, 1.54) is 30.7 Å². The Kier molecular flexibility index (Phi) is 16.5. The van der Waals surface area contributed by atoms with E-state index in [1.807, 2.05) is 0 Å². The van der Waals surface area contributed by atoms with Crippen LogP contribution in [0, 0.1) is 0 Å². The van der Waals surface area contributed by atoms with E-state index in [2.05, 4.69) is 82.0 Å². The van der Waals surface area contributed by atoms with Crippen molar-refractivity contribution >= 4 is 10.8 Å². The molecule has 0 atom stereocenters. The zero-order chi connectivity index (χ0) is 14.2. The number of fused-ring (bicyclic) bond motifs is 1. The first-order valence-electron chi connectivity index (χ1n) is 6.81. The average molecular weight is 247 g/mol. The maximum Gasteiger partial charge on any atom is -0.0184 e. The van der Waals surface area contributed by atoms with E-state index in [4.69, 9.17) is 0 Å². The van der Waals surface area contributed by atoms with Crippen LogP contribution in [0.5, 0.6) is 0 Å². The molecule has 2 N–H and O–H groups in total. The van der Waals surface area contributed by atoms with Crippen molar-refractivity contribution < 1.29 is 0 Å². The molecule has 0 fully saturated rings. The van der Waals surface area contributed by atoms with E-state index in [-0.39, 0.29) is 0 Å². The van der Waals surface area contributed by atoms with Crippen LogP contribution in [0.25, 0.3) is 10.8 Å². The fourth-order valence-corrected chi connectivity index (χ4v) is 1.13. The molecule has 0 aromatic heterocycles. The largest absolute Gasteiger partial charge is 0.333 e. The summed E-state index contributed by atoms with van der Waals surface area (Å²) in [4.78, 5) is 0. The molecule has 0 radical (unpaired) electrons. The van der Waals surface area contributed by atoms with Crippen molar-refractivity contribution in [3.8, 4) is 0 Å². The molecule has 0 aliphatic rings. The average Bonchev–Trinajstić information content (AvgIpc) is 2.43. The predicted octanol–water partition coefficient (Wildman–Crippen LogP) is 5.25. The molecule has 0 heterocycles. The molecule has 0 bridgehead atoms. The quantitative estimate of drug-likeness (QED) is 0.676. The van der Waals surface area contributed by atoms with Gasteiger partial charge in [-0.15, -0.1) is 0 Å². The van der Waals surface area contributed by atoms with Crippen molar-refractivity contribution in [3.63, 3.8) is 0 Å². The highest BCUT2D eigenvalue weighted by Gasteiger charge is 1.85. The zero-order valence-electron chi connectivity index (χ0n) is 12.6. The minimum atomic E-state index is 1.25. The fraction of sp³-hybridized carbons (Fsp3) is 0.412. The van der Waals surface area contributed by atoms with Crippen LogP contribution >= 0.6 is 0 Å². The second-order valence-corrected chi connectivity index (χ2v) is 3.76. The summed E-state index contributed by atoms with van der Waals surface area (Å²) < 4.78 is 0. The minimum Gasteiger partial charge on any atom is -0.333 e. The summed E-state index contributed by atoms with van der Waals surface area (Å²) in [5.74, 6) is 0. The lowest BCUT2D eigenvalue weighted by Crippen LogP contribution is -1.69.